The second-order valence-corrected chi connectivity index (χ2v) is 6.87. The summed E-state index contributed by atoms with van der Waals surface area (Å²) in [4.78, 5) is 26.5. The average molecular weight is 392 g/mol. The lowest BCUT2D eigenvalue weighted by Gasteiger charge is -2.16. The first kappa shape index (κ1) is 18.7. The fourth-order valence-electron chi connectivity index (χ4n) is 3.23. The van der Waals surface area contributed by atoms with E-state index in [4.69, 9.17) is 9.15 Å². The summed E-state index contributed by atoms with van der Waals surface area (Å²) in [5, 5.41) is 10.5. The molecular formula is C21H20N4O4. The molecule has 1 unspecified atom stereocenters. The van der Waals surface area contributed by atoms with Crippen molar-refractivity contribution < 1.29 is 18.7 Å². The van der Waals surface area contributed by atoms with Crippen molar-refractivity contribution in [2.45, 2.75) is 19.3 Å². The number of nitrogens with one attached hydrogen (secondary N) is 1. The first-order valence-corrected chi connectivity index (χ1v) is 9.19. The van der Waals surface area contributed by atoms with Crippen LogP contribution < -0.4 is 15.0 Å². The fourth-order valence-corrected chi connectivity index (χ4v) is 3.23. The average Bonchev–Trinajstić information content (AvgIpc) is 3.35. The van der Waals surface area contributed by atoms with Gasteiger partial charge in [-0.2, -0.15) is 0 Å². The standard InChI is InChI=1S/C21H20N4O4/c1-13-6-8-16(9-7-13)25-12-15(11-18(25)26)20-23-24-21(29-20)22-19(27)14-4-3-5-17(10-14)28-2/h3-10,15H,11-12H2,1-2H3,(H,22,24,27). The van der Waals surface area contributed by atoms with Gasteiger partial charge in [-0.1, -0.05) is 28.9 Å². The number of carbonyl (C=O) groups excluding carboxylic acids is 2. The van der Waals surface area contributed by atoms with E-state index < -0.39 is 0 Å². The number of ether oxygens (including phenoxy) is 1. The Hall–Kier alpha value is -3.68. The van der Waals surface area contributed by atoms with Gasteiger partial charge in [0.1, 0.15) is 5.75 Å². The first-order valence-electron chi connectivity index (χ1n) is 9.19. The summed E-state index contributed by atoms with van der Waals surface area (Å²) in [7, 11) is 1.53. The number of rotatable bonds is 5. The third-order valence-electron chi connectivity index (χ3n) is 4.81. The zero-order chi connectivity index (χ0) is 20.4. The van der Waals surface area contributed by atoms with E-state index in [1.807, 2.05) is 31.2 Å². The van der Waals surface area contributed by atoms with Gasteiger partial charge >= 0.3 is 6.01 Å². The van der Waals surface area contributed by atoms with Crippen molar-refractivity contribution in [3.8, 4) is 5.75 Å². The van der Waals surface area contributed by atoms with Crippen molar-refractivity contribution in [3.05, 3.63) is 65.5 Å². The minimum Gasteiger partial charge on any atom is -0.497 e. The van der Waals surface area contributed by atoms with Crippen LogP contribution in [0.5, 0.6) is 5.75 Å². The first-order chi connectivity index (χ1) is 14.0. The molecule has 1 atom stereocenters. The highest BCUT2D eigenvalue weighted by Gasteiger charge is 2.35. The number of aryl methyl sites for hydroxylation is 1. The molecule has 0 bridgehead atoms. The van der Waals surface area contributed by atoms with Crippen LogP contribution in [0.1, 0.15) is 34.2 Å². The fraction of sp³-hybridized carbons (Fsp3) is 0.238. The number of amides is 2. The lowest BCUT2D eigenvalue weighted by atomic mass is 10.1. The van der Waals surface area contributed by atoms with Gasteiger partial charge in [-0.15, -0.1) is 5.10 Å². The number of aromatic nitrogens is 2. The lowest BCUT2D eigenvalue weighted by molar-refractivity contribution is -0.117. The predicted octanol–water partition coefficient (Wildman–Crippen LogP) is 3.16. The zero-order valence-corrected chi connectivity index (χ0v) is 16.1. The molecule has 29 heavy (non-hydrogen) atoms. The van der Waals surface area contributed by atoms with Gasteiger partial charge in [-0.25, -0.2) is 0 Å². The third-order valence-corrected chi connectivity index (χ3v) is 4.81. The van der Waals surface area contributed by atoms with Crippen molar-refractivity contribution in [1.29, 1.82) is 0 Å². The molecule has 0 spiro atoms. The van der Waals surface area contributed by atoms with Crippen LogP contribution in [0.4, 0.5) is 11.7 Å². The quantitative estimate of drug-likeness (QED) is 0.716. The molecule has 8 nitrogen and oxygen atoms in total. The monoisotopic (exact) mass is 392 g/mol. The molecule has 0 aliphatic carbocycles. The minimum atomic E-state index is -0.386. The summed E-state index contributed by atoms with van der Waals surface area (Å²) in [5.74, 6) is 0.291. The number of carbonyl (C=O) groups is 2. The van der Waals surface area contributed by atoms with Crippen LogP contribution >= 0.6 is 0 Å². The van der Waals surface area contributed by atoms with Crippen LogP contribution in [0.2, 0.25) is 0 Å². The normalized spacial score (nSPS) is 16.1. The SMILES string of the molecule is COc1cccc(C(=O)Nc2nnc(C3CC(=O)N(c4ccc(C)cc4)C3)o2)c1. The molecule has 1 aromatic heterocycles. The number of hydrogen-bond acceptors (Lipinski definition) is 6. The van der Waals surface area contributed by atoms with Gasteiger partial charge in [0.15, 0.2) is 0 Å². The Bertz CT molecular complexity index is 1040. The van der Waals surface area contributed by atoms with Crippen LogP contribution in [0.25, 0.3) is 0 Å². The Kier molecular flexibility index (Phi) is 4.99. The van der Waals surface area contributed by atoms with E-state index in [2.05, 4.69) is 15.5 Å². The summed E-state index contributed by atoms with van der Waals surface area (Å²) >= 11 is 0. The van der Waals surface area contributed by atoms with E-state index in [1.54, 1.807) is 29.2 Å². The van der Waals surface area contributed by atoms with Crippen molar-refractivity contribution in [1.82, 2.24) is 10.2 Å². The molecule has 0 saturated carbocycles. The summed E-state index contributed by atoms with van der Waals surface area (Å²) < 4.78 is 10.7. The van der Waals surface area contributed by atoms with Gasteiger partial charge in [-0.05, 0) is 37.3 Å². The molecule has 1 N–H and O–H groups in total. The highest BCUT2D eigenvalue weighted by atomic mass is 16.5. The number of hydrogen-bond donors (Lipinski definition) is 1. The van der Waals surface area contributed by atoms with E-state index in [9.17, 15) is 9.59 Å². The Morgan fingerprint density at radius 1 is 1.21 bits per heavy atom. The van der Waals surface area contributed by atoms with Crippen LogP contribution in [0, 0.1) is 6.92 Å². The number of nitrogens with zero attached hydrogens (tertiary/aromatic N) is 3. The molecule has 1 fully saturated rings. The molecule has 148 valence electrons. The maximum atomic E-state index is 12.4. The molecule has 4 rings (SSSR count). The molecular weight excluding hydrogens is 372 g/mol. The summed E-state index contributed by atoms with van der Waals surface area (Å²) in [6.07, 6.45) is 0.277. The largest absolute Gasteiger partial charge is 0.497 e. The van der Waals surface area contributed by atoms with Crippen LogP contribution in [0.3, 0.4) is 0 Å². The van der Waals surface area contributed by atoms with Crippen LogP contribution in [-0.2, 0) is 4.79 Å². The summed E-state index contributed by atoms with van der Waals surface area (Å²) in [5.41, 5.74) is 2.38. The predicted molar refractivity (Wildman–Crippen MR) is 106 cm³/mol. The molecule has 2 heterocycles. The molecule has 1 saturated heterocycles. The van der Waals surface area contributed by atoms with E-state index in [0.29, 0.717) is 23.7 Å². The zero-order valence-electron chi connectivity index (χ0n) is 16.1. The van der Waals surface area contributed by atoms with Gasteiger partial charge in [0.2, 0.25) is 11.8 Å². The summed E-state index contributed by atoms with van der Waals surface area (Å²) in [6, 6.07) is 14.5. The Balaban J connectivity index is 1.44. The Morgan fingerprint density at radius 2 is 2.00 bits per heavy atom. The highest BCUT2D eigenvalue weighted by molar-refractivity contribution is 6.03. The van der Waals surface area contributed by atoms with E-state index in [0.717, 1.165) is 11.3 Å². The van der Waals surface area contributed by atoms with Gasteiger partial charge in [-0.3, -0.25) is 14.9 Å². The smallest absolute Gasteiger partial charge is 0.322 e. The Labute approximate surface area is 167 Å². The molecule has 2 aromatic carbocycles. The van der Waals surface area contributed by atoms with Crippen LogP contribution in [0.15, 0.2) is 52.9 Å². The van der Waals surface area contributed by atoms with E-state index >= 15 is 0 Å². The number of anilines is 2. The van der Waals surface area contributed by atoms with Gasteiger partial charge < -0.3 is 14.1 Å². The molecule has 1 aliphatic rings. The number of benzene rings is 2. The summed E-state index contributed by atoms with van der Waals surface area (Å²) in [6.45, 7) is 2.45. The lowest BCUT2D eigenvalue weighted by Crippen LogP contribution is -2.24. The highest BCUT2D eigenvalue weighted by Crippen LogP contribution is 2.31. The molecule has 8 heteroatoms. The molecule has 0 radical (unpaired) electrons. The Morgan fingerprint density at radius 3 is 2.76 bits per heavy atom. The molecule has 2 amide bonds. The topological polar surface area (TPSA) is 97.6 Å². The molecule has 3 aromatic rings. The van der Waals surface area contributed by atoms with Crippen molar-refractivity contribution in [2.75, 3.05) is 23.9 Å². The van der Waals surface area contributed by atoms with Crippen molar-refractivity contribution >= 4 is 23.5 Å². The maximum Gasteiger partial charge on any atom is 0.322 e. The van der Waals surface area contributed by atoms with Gasteiger partial charge in [0, 0.05) is 24.2 Å². The van der Waals surface area contributed by atoms with Gasteiger partial charge in [0.05, 0.1) is 13.0 Å². The second kappa shape index (κ2) is 7.75. The second-order valence-electron chi connectivity index (χ2n) is 6.87. The van der Waals surface area contributed by atoms with Crippen molar-refractivity contribution in [2.24, 2.45) is 0 Å². The van der Waals surface area contributed by atoms with Gasteiger partial charge in [0.25, 0.3) is 5.91 Å². The van der Waals surface area contributed by atoms with E-state index in [1.165, 1.54) is 7.11 Å². The van der Waals surface area contributed by atoms with Crippen molar-refractivity contribution in [3.63, 3.8) is 0 Å². The maximum absolute atomic E-state index is 12.4. The minimum absolute atomic E-state index is 0.000908. The van der Waals surface area contributed by atoms with Crippen LogP contribution in [-0.4, -0.2) is 35.7 Å². The van der Waals surface area contributed by atoms with E-state index in [-0.39, 0.29) is 30.2 Å². The third kappa shape index (κ3) is 3.96. The number of methoxy groups -OCH3 is 1. The molecule has 1 aliphatic heterocycles.